The van der Waals surface area contributed by atoms with Crippen molar-refractivity contribution >= 4 is 16.6 Å². The molecule has 2 atom stereocenters. The van der Waals surface area contributed by atoms with Gasteiger partial charge in [-0.05, 0) is 54.2 Å². The average molecular weight is 453 g/mol. The molecule has 2 unspecified atom stereocenters. The number of aromatic nitrogens is 2. The number of halogens is 5. The van der Waals surface area contributed by atoms with Crippen molar-refractivity contribution in [3.8, 4) is 5.75 Å². The molecule has 0 spiro atoms. The maximum Gasteiger partial charge on any atom is 0.419 e. The van der Waals surface area contributed by atoms with E-state index < -0.39 is 47.0 Å². The van der Waals surface area contributed by atoms with Crippen molar-refractivity contribution in [2.45, 2.75) is 50.4 Å². The molecule has 0 saturated carbocycles. The Bertz CT molecular complexity index is 1230. The summed E-state index contributed by atoms with van der Waals surface area (Å²) in [4.78, 5) is 7.99. The van der Waals surface area contributed by atoms with Crippen LogP contribution in [0, 0.1) is 18.6 Å². The number of phenols is 1. The van der Waals surface area contributed by atoms with Gasteiger partial charge in [-0.2, -0.15) is 13.2 Å². The number of rotatable bonds is 2. The van der Waals surface area contributed by atoms with Gasteiger partial charge in [-0.1, -0.05) is 13.8 Å². The molecular weight excluding hydrogens is 433 g/mol. The zero-order valence-corrected chi connectivity index (χ0v) is 17.3. The monoisotopic (exact) mass is 453 g/mol. The Balaban J connectivity index is 1.96. The van der Waals surface area contributed by atoms with Gasteiger partial charge in [0.15, 0.2) is 17.2 Å². The van der Waals surface area contributed by atoms with E-state index >= 15 is 0 Å². The van der Waals surface area contributed by atoms with Crippen molar-refractivity contribution in [3.05, 3.63) is 59.0 Å². The number of hydrogen-bond acceptors (Lipinski definition) is 5. The second-order valence-corrected chi connectivity index (χ2v) is 8.73. The van der Waals surface area contributed by atoms with E-state index in [0.717, 1.165) is 18.2 Å². The lowest BCUT2D eigenvalue weighted by atomic mass is 9.63. The molecule has 0 aliphatic heterocycles. The minimum atomic E-state index is -5.09. The van der Waals surface area contributed by atoms with Gasteiger partial charge < -0.3 is 15.5 Å². The number of aromatic hydroxyl groups is 1. The quantitative estimate of drug-likeness (QED) is 0.474. The van der Waals surface area contributed by atoms with Crippen molar-refractivity contribution in [2.75, 3.05) is 5.32 Å². The fraction of sp³-hybridized carbons (Fsp3) is 0.364. The lowest BCUT2D eigenvalue weighted by Crippen LogP contribution is -2.58. The number of benzene rings is 2. The lowest BCUT2D eigenvalue weighted by molar-refractivity contribution is -0.275. The summed E-state index contributed by atoms with van der Waals surface area (Å²) in [6.07, 6.45) is -4.58. The summed E-state index contributed by atoms with van der Waals surface area (Å²) in [6.45, 7) is 4.48. The van der Waals surface area contributed by atoms with Crippen LogP contribution in [0.4, 0.5) is 27.6 Å². The van der Waals surface area contributed by atoms with E-state index in [4.69, 9.17) is 0 Å². The van der Waals surface area contributed by atoms with Crippen LogP contribution in [0.1, 0.15) is 43.3 Å². The first-order valence-corrected chi connectivity index (χ1v) is 9.75. The van der Waals surface area contributed by atoms with Crippen molar-refractivity contribution in [1.29, 1.82) is 0 Å². The Hall–Kier alpha value is -3.01. The van der Waals surface area contributed by atoms with E-state index in [1.807, 2.05) is 0 Å². The van der Waals surface area contributed by atoms with E-state index in [0.29, 0.717) is 0 Å². The molecule has 1 aromatic heterocycles. The topological polar surface area (TPSA) is 78.3 Å². The van der Waals surface area contributed by atoms with Crippen LogP contribution in [0.5, 0.6) is 5.75 Å². The van der Waals surface area contributed by atoms with E-state index in [1.54, 1.807) is 0 Å². The average Bonchev–Trinajstić information content (AvgIpc) is 2.67. The SMILES string of the molecule is Cc1ncc2c(NC3c4cc(F)c(O)cc4C(C)(C)CC3(O)C(F)(F)F)ccc(F)c2n1. The van der Waals surface area contributed by atoms with Crippen LogP contribution >= 0.6 is 0 Å². The molecule has 3 aromatic rings. The summed E-state index contributed by atoms with van der Waals surface area (Å²) < 4.78 is 71.2. The van der Waals surface area contributed by atoms with Crippen LogP contribution in [-0.4, -0.2) is 32.0 Å². The molecule has 10 heteroatoms. The molecule has 0 saturated heterocycles. The predicted molar refractivity (Wildman–Crippen MR) is 107 cm³/mol. The molecule has 0 radical (unpaired) electrons. The Morgan fingerprint density at radius 2 is 1.81 bits per heavy atom. The van der Waals surface area contributed by atoms with Gasteiger partial charge in [-0.3, -0.25) is 0 Å². The molecule has 1 aliphatic rings. The number of aliphatic hydroxyl groups is 1. The highest BCUT2D eigenvalue weighted by atomic mass is 19.4. The second-order valence-electron chi connectivity index (χ2n) is 8.73. The predicted octanol–water partition coefficient (Wildman–Crippen LogP) is 5.05. The third-order valence-corrected chi connectivity index (χ3v) is 5.96. The Labute approximate surface area is 179 Å². The summed E-state index contributed by atoms with van der Waals surface area (Å²) in [5.41, 5.74) is -4.52. The fourth-order valence-electron chi connectivity index (χ4n) is 4.45. The Kier molecular flexibility index (Phi) is 4.85. The van der Waals surface area contributed by atoms with Gasteiger partial charge in [0.2, 0.25) is 0 Å². The normalized spacial score (nSPS) is 22.6. The van der Waals surface area contributed by atoms with Gasteiger partial charge in [0, 0.05) is 17.3 Å². The summed E-state index contributed by atoms with van der Waals surface area (Å²) in [7, 11) is 0. The number of anilines is 1. The number of phenolic OH excluding ortho intramolecular Hbond substituents is 1. The first-order chi connectivity index (χ1) is 14.7. The molecule has 0 bridgehead atoms. The highest BCUT2D eigenvalue weighted by Gasteiger charge is 2.64. The summed E-state index contributed by atoms with van der Waals surface area (Å²) in [5.74, 6) is -2.25. The summed E-state index contributed by atoms with van der Waals surface area (Å²) >= 11 is 0. The maximum atomic E-state index is 14.3. The van der Waals surface area contributed by atoms with Gasteiger partial charge in [0.05, 0.1) is 6.04 Å². The van der Waals surface area contributed by atoms with Crippen LogP contribution in [-0.2, 0) is 5.41 Å². The van der Waals surface area contributed by atoms with Crippen LogP contribution in [0.15, 0.2) is 30.5 Å². The lowest BCUT2D eigenvalue weighted by Gasteiger charge is -2.49. The largest absolute Gasteiger partial charge is 0.505 e. The highest BCUT2D eigenvalue weighted by molar-refractivity contribution is 5.91. The van der Waals surface area contributed by atoms with E-state index in [2.05, 4.69) is 15.3 Å². The van der Waals surface area contributed by atoms with Crippen molar-refractivity contribution in [3.63, 3.8) is 0 Å². The van der Waals surface area contributed by atoms with Gasteiger partial charge in [-0.15, -0.1) is 0 Å². The molecule has 1 aliphatic carbocycles. The summed E-state index contributed by atoms with van der Waals surface area (Å²) in [6, 6.07) is 2.25. The van der Waals surface area contributed by atoms with Gasteiger partial charge in [0.25, 0.3) is 0 Å². The number of aryl methyl sites for hydroxylation is 1. The number of fused-ring (bicyclic) bond motifs is 2. The highest BCUT2D eigenvalue weighted by Crippen LogP contribution is 2.55. The molecule has 2 aromatic carbocycles. The van der Waals surface area contributed by atoms with Gasteiger partial charge in [0.1, 0.15) is 17.2 Å². The van der Waals surface area contributed by atoms with E-state index in [9.17, 15) is 32.2 Å². The summed E-state index contributed by atoms with van der Waals surface area (Å²) in [5, 5.41) is 23.5. The molecular formula is C22H20F5N3O2. The molecule has 170 valence electrons. The first-order valence-electron chi connectivity index (χ1n) is 9.75. The van der Waals surface area contributed by atoms with Crippen LogP contribution in [0.2, 0.25) is 0 Å². The molecule has 32 heavy (non-hydrogen) atoms. The number of hydrogen-bond donors (Lipinski definition) is 3. The standard InChI is InChI=1S/C22H20F5N3O2/c1-10-28-8-12-16(5-4-14(23)18(12)29-10)30-19-11-6-15(24)17(31)7-13(11)20(2,3)9-21(19,32)22(25,26)27/h4-8,19,30-32H,9H2,1-3H3. The zero-order chi connectivity index (χ0) is 23.6. The van der Waals surface area contributed by atoms with Crippen molar-refractivity contribution in [1.82, 2.24) is 9.97 Å². The molecule has 3 N–H and O–H groups in total. The Morgan fingerprint density at radius 3 is 2.47 bits per heavy atom. The maximum absolute atomic E-state index is 14.3. The van der Waals surface area contributed by atoms with Crippen LogP contribution < -0.4 is 5.32 Å². The number of alkyl halides is 3. The minimum Gasteiger partial charge on any atom is -0.505 e. The molecule has 0 amide bonds. The minimum absolute atomic E-state index is 0.0354. The second kappa shape index (κ2) is 6.99. The van der Waals surface area contributed by atoms with Crippen LogP contribution in [0.25, 0.3) is 10.9 Å². The number of nitrogens with one attached hydrogen (secondary N) is 1. The van der Waals surface area contributed by atoms with Gasteiger partial charge in [-0.25, -0.2) is 18.7 Å². The van der Waals surface area contributed by atoms with E-state index in [-0.39, 0.29) is 33.5 Å². The smallest absolute Gasteiger partial charge is 0.419 e. The third kappa shape index (κ3) is 3.33. The molecule has 0 fully saturated rings. The number of nitrogens with zero attached hydrogens (tertiary/aromatic N) is 2. The van der Waals surface area contributed by atoms with E-state index in [1.165, 1.54) is 33.0 Å². The van der Waals surface area contributed by atoms with Crippen molar-refractivity contribution < 1.29 is 32.2 Å². The van der Waals surface area contributed by atoms with Crippen LogP contribution in [0.3, 0.4) is 0 Å². The molecule has 4 rings (SSSR count). The fourth-order valence-corrected chi connectivity index (χ4v) is 4.45. The Morgan fingerprint density at radius 1 is 1.12 bits per heavy atom. The zero-order valence-electron chi connectivity index (χ0n) is 17.3. The third-order valence-electron chi connectivity index (χ3n) is 5.96. The van der Waals surface area contributed by atoms with Gasteiger partial charge >= 0.3 is 6.18 Å². The van der Waals surface area contributed by atoms with Crippen molar-refractivity contribution in [2.24, 2.45) is 0 Å². The first kappa shape index (κ1) is 22.2. The molecule has 1 heterocycles. The molecule has 5 nitrogen and oxygen atoms in total.